The van der Waals surface area contributed by atoms with E-state index in [2.05, 4.69) is 6.58 Å². The molecule has 0 amide bonds. The molecule has 0 bridgehead atoms. The minimum absolute atomic E-state index is 0.0538. The van der Waals surface area contributed by atoms with Gasteiger partial charge in [0.1, 0.15) is 0 Å². The van der Waals surface area contributed by atoms with Crippen LogP contribution in [0.2, 0.25) is 0 Å². The maximum absolute atomic E-state index is 9.08. The predicted molar refractivity (Wildman–Crippen MR) is 35.7 cm³/mol. The van der Waals surface area contributed by atoms with Crippen LogP contribution in [0.5, 0.6) is 0 Å². The SMILES string of the molecule is C=C[C@H](O)C(C)(C)C. The molecule has 0 aliphatic rings. The third-order valence-corrected chi connectivity index (χ3v) is 1.11. The quantitative estimate of drug-likeness (QED) is 0.513. The van der Waals surface area contributed by atoms with E-state index in [1.54, 1.807) is 6.08 Å². The summed E-state index contributed by atoms with van der Waals surface area (Å²) in [6.07, 6.45) is 1.17. The topological polar surface area (TPSA) is 20.2 Å². The molecule has 1 nitrogen and oxygen atoms in total. The van der Waals surface area contributed by atoms with Gasteiger partial charge < -0.3 is 5.11 Å². The summed E-state index contributed by atoms with van der Waals surface area (Å²) >= 11 is 0. The third kappa shape index (κ3) is 2.12. The van der Waals surface area contributed by atoms with Crippen molar-refractivity contribution in [2.24, 2.45) is 5.41 Å². The van der Waals surface area contributed by atoms with Gasteiger partial charge in [0.2, 0.25) is 0 Å². The Morgan fingerprint density at radius 3 is 1.88 bits per heavy atom. The van der Waals surface area contributed by atoms with Crippen LogP contribution in [0.25, 0.3) is 0 Å². The van der Waals surface area contributed by atoms with Crippen LogP contribution < -0.4 is 0 Å². The van der Waals surface area contributed by atoms with Crippen molar-refractivity contribution < 1.29 is 5.11 Å². The van der Waals surface area contributed by atoms with Gasteiger partial charge in [-0.05, 0) is 5.41 Å². The van der Waals surface area contributed by atoms with E-state index >= 15 is 0 Å². The molecule has 8 heavy (non-hydrogen) atoms. The second-order valence-electron chi connectivity index (χ2n) is 3.05. The first-order chi connectivity index (χ1) is 3.48. The Hall–Kier alpha value is -0.300. The van der Waals surface area contributed by atoms with Crippen LogP contribution in [0.3, 0.4) is 0 Å². The molecule has 1 N–H and O–H groups in total. The number of rotatable bonds is 1. The first kappa shape index (κ1) is 7.70. The first-order valence-corrected chi connectivity index (χ1v) is 2.79. The van der Waals surface area contributed by atoms with Gasteiger partial charge >= 0.3 is 0 Å². The average Bonchev–Trinajstić information content (AvgIpc) is 1.62. The molecule has 0 aromatic carbocycles. The molecule has 1 heteroatoms. The predicted octanol–water partition coefficient (Wildman–Crippen LogP) is 1.58. The van der Waals surface area contributed by atoms with Crippen LogP contribution in [0, 0.1) is 5.41 Å². The van der Waals surface area contributed by atoms with Crippen LogP contribution in [-0.2, 0) is 0 Å². The molecule has 0 saturated heterocycles. The van der Waals surface area contributed by atoms with Crippen LogP contribution in [0.15, 0.2) is 12.7 Å². The van der Waals surface area contributed by atoms with Crippen molar-refractivity contribution in [1.29, 1.82) is 0 Å². The highest BCUT2D eigenvalue weighted by Gasteiger charge is 2.17. The number of aliphatic hydroxyl groups excluding tert-OH is 1. The van der Waals surface area contributed by atoms with Crippen molar-refractivity contribution >= 4 is 0 Å². The molecular weight excluding hydrogens is 100 g/mol. The summed E-state index contributed by atoms with van der Waals surface area (Å²) in [5.74, 6) is 0. The van der Waals surface area contributed by atoms with Crippen molar-refractivity contribution in [2.45, 2.75) is 26.9 Å². The zero-order valence-electron chi connectivity index (χ0n) is 5.81. The molecule has 0 radical (unpaired) electrons. The number of hydrogen-bond donors (Lipinski definition) is 1. The van der Waals surface area contributed by atoms with Gasteiger partial charge in [-0.1, -0.05) is 26.8 Å². The molecule has 0 unspecified atom stereocenters. The van der Waals surface area contributed by atoms with Gasteiger partial charge in [-0.3, -0.25) is 0 Å². The minimum Gasteiger partial charge on any atom is -0.389 e. The summed E-state index contributed by atoms with van der Waals surface area (Å²) in [5.41, 5.74) is -0.0538. The van der Waals surface area contributed by atoms with Gasteiger partial charge in [0.25, 0.3) is 0 Å². The fourth-order valence-corrected chi connectivity index (χ4v) is 0.354. The lowest BCUT2D eigenvalue weighted by atomic mass is 9.89. The van der Waals surface area contributed by atoms with Crippen molar-refractivity contribution in [3.8, 4) is 0 Å². The highest BCUT2D eigenvalue weighted by molar-refractivity contribution is 4.87. The lowest BCUT2D eigenvalue weighted by Crippen LogP contribution is -2.22. The number of aliphatic hydroxyl groups is 1. The van der Waals surface area contributed by atoms with Crippen LogP contribution in [-0.4, -0.2) is 11.2 Å². The molecule has 0 fully saturated rings. The normalized spacial score (nSPS) is 15.5. The summed E-state index contributed by atoms with van der Waals surface area (Å²) in [7, 11) is 0. The molecule has 0 aliphatic carbocycles. The van der Waals surface area contributed by atoms with Gasteiger partial charge in [-0.2, -0.15) is 0 Å². The van der Waals surface area contributed by atoms with E-state index in [0.717, 1.165) is 0 Å². The van der Waals surface area contributed by atoms with Gasteiger partial charge in [-0.25, -0.2) is 0 Å². The second-order valence-corrected chi connectivity index (χ2v) is 3.05. The lowest BCUT2D eigenvalue weighted by Gasteiger charge is -2.21. The number of hydrogen-bond acceptors (Lipinski definition) is 1. The molecule has 0 heterocycles. The summed E-state index contributed by atoms with van der Waals surface area (Å²) < 4.78 is 0. The molecule has 0 aromatic rings. The Balaban J connectivity index is 3.80. The third-order valence-electron chi connectivity index (χ3n) is 1.11. The molecule has 0 rings (SSSR count). The van der Waals surface area contributed by atoms with E-state index in [4.69, 9.17) is 5.11 Å². The molecule has 48 valence electrons. The average molecular weight is 114 g/mol. The van der Waals surface area contributed by atoms with Gasteiger partial charge in [0.15, 0.2) is 0 Å². The molecule has 0 saturated carbocycles. The molecular formula is C7H14O. The van der Waals surface area contributed by atoms with Gasteiger partial charge in [0, 0.05) is 0 Å². The highest BCUT2D eigenvalue weighted by Crippen LogP contribution is 2.18. The van der Waals surface area contributed by atoms with Crippen molar-refractivity contribution in [3.05, 3.63) is 12.7 Å². The first-order valence-electron chi connectivity index (χ1n) is 2.79. The Kier molecular flexibility index (Phi) is 2.23. The fourth-order valence-electron chi connectivity index (χ4n) is 0.354. The molecule has 1 atom stereocenters. The highest BCUT2D eigenvalue weighted by atomic mass is 16.3. The van der Waals surface area contributed by atoms with Crippen molar-refractivity contribution in [2.75, 3.05) is 0 Å². The fraction of sp³-hybridized carbons (Fsp3) is 0.714. The second kappa shape index (κ2) is 2.31. The molecule has 0 aliphatic heterocycles. The van der Waals surface area contributed by atoms with Crippen molar-refractivity contribution in [3.63, 3.8) is 0 Å². The summed E-state index contributed by atoms with van der Waals surface area (Å²) in [5, 5.41) is 9.08. The lowest BCUT2D eigenvalue weighted by molar-refractivity contribution is 0.106. The van der Waals surface area contributed by atoms with Crippen LogP contribution >= 0.6 is 0 Å². The van der Waals surface area contributed by atoms with Gasteiger partial charge in [0.05, 0.1) is 6.10 Å². The standard InChI is InChI=1S/C7H14O/c1-5-6(8)7(2,3)4/h5-6,8H,1H2,2-4H3/t6-/m0/s1. The minimum atomic E-state index is -0.387. The van der Waals surface area contributed by atoms with E-state index in [9.17, 15) is 0 Å². The van der Waals surface area contributed by atoms with E-state index in [0.29, 0.717) is 0 Å². The Labute approximate surface area is 51.0 Å². The monoisotopic (exact) mass is 114 g/mol. The zero-order valence-corrected chi connectivity index (χ0v) is 5.81. The maximum Gasteiger partial charge on any atom is 0.0766 e. The van der Waals surface area contributed by atoms with Crippen molar-refractivity contribution in [1.82, 2.24) is 0 Å². The molecule has 0 aromatic heterocycles. The summed E-state index contributed by atoms with van der Waals surface area (Å²) in [4.78, 5) is 0. The maximum atomic E-state index is 9.08. The summed E-state index contributed by atoms with van der Waals surface area (Å²) in [6.45, 7) is 9.39. The largest absolute Gasteiger partial charge is 0.389 e. The smallest absolute Gasteiger partial charge is 0.0766 e. The molecule has 0 spiro atoms. The van der Waals surface area contributed by atoms with E-state index in [1.807, 2.05) is 20.8 Å². The Morgan fingerprint density at radius 1 is 1.50 bits per heavy atom. The zero-order chi connectivity index (χ0) is 6.78. The van der Waals surface area contributed by atoms with E-state index in [1.165, 1.54) is 0 Å². The van der Waals surface area contributed by atoms with E-state index in [-0.39, 0.29) is 11.5 Å². The van der Waals surface area contributed by atoms with Gasteiger partial charge in [-0.15, -0.1) is 6.58 Å². The summed E-state index contributed by atoms with van der Waals surface area (Å²) in [6, 6.07) is 0. The Bertz CT molecular complexity index is 78.9. The Morgan fingerprint density at radius 2 is 1.88 bits per heavy atom. The van der Waals surface area contributed by atoms with Crippen LogP contribution in [0.1, 0.15) is 20.8 Å². The van der Waals surface area contributed by atoms with E-state index < -0.39 is 0 Å². The van der Waals surface area contributed by atoms with Crippen LogP contribution in [0.4, 0.5) is 0 Å².